The van der Waals surface area contributed by atoms with Crippen LogP contribution in [0, 0.1) is 0 Å². The first-order chi connectivity index (χ1) is 18.4. The second-order valence-electron chi connectivity index (χ2n) is 8.06. The van der Waals surface area contributed by atoms with Crippen LogP contribution in [0.2, 0.25) is 0 Å². The molecule has 0 heterocycles. The van der Waals surface area contributed by atoms with Gasteiger partial charge in [-0.25, -0.2) is 9.59 Å². The smallest absolute Gasteiger partial charge is 0.338 e. The normalized spacial score (nSPS) is 12.3. The maximum atomic E-state index is 12.1. The molecule has 0 aliphatic rings. The summed E-state index contributed by atoms with van der Waals surface area (Å²) in [7, 11) is 0. The van der Waals surface area contributed by atoms with E-state index in [0.717, 1.165) is 9.79 Å². The lowest BCUT2D eigenvalue weighted by Gasteiger charge is -2.15. The van der Waals surface area contributed by atoms with Gasteiger partial charge >= 0.3 is 11.9 Å². The van der Waals surface area contributed by atoms with Crippen LogP contribution in [0.3, 0.4) is 0 Å². The minimum Gasteiger partial charge on any atom is -0.491 e. The molecule has 2 unspecified atom stereocenters. The summed E-state index contributed by atoms with van der Waals surface area (Å²) in [5.41, 5.74) is 0.810. The lowest BCUT2D eigenvalue weighted by molar-refractivity contribution is 0.0124. The zero-order valence-electron chi connectivity index (χ0n) is 21.1. The number of carbonyl (C=O) groups is 2. The minimum absolute atomic E-state index is 0.0986. The lowest BCUT2D eigenvalue weighted by Crippen LogP contribution is -2.25. The van der Waals surface area contributed by atoms with Crippen LogP contribution in [-0.2, 0) is 9.47 Å². The average molecular weight is 559 g/mol. The van der Waals surface area contributed by atoms with Crippen molar-refractivity contribution in [1.82, 2.24) is 0 Å². The number of rotatable bonds is 14. The number of esters is 2. The van der Waals surface area contributed by atoms with Crippen LogP contribution in [0.25, 0.3) is 0 Å². The number of benzene rings is 3. The van der Waals surface area contributed by atoms with Crippen LogP contribution < -0.4 is 9.47 Å². The van der Waals surface area contributed by atoms with Gasteiger partial charge in [-0.3, -0.25) is 0 Å². The maximum absolute atomic E-state index is 12.1. The first-order valence-electron chi connectivity index (χ1n) is 11.7. The monoisotopic (exact) mass is 558 g/mol. The standard InChI is InChI=1S/C28H30O8S2/c1-37-25-10-6-19(7-11-25)27(31)35-17-21(29)15-33-23-4-3-5-24(14-23)34-16-22(30)18-36-28(32)20-8-12-26(38-2)13-9-20/h3-14,21-22,29-30H,15-18H2,1-2H3. The number of thioether (sulfide) groups is 2. The third kappa shape index (κ3) is 9.60. The van der Waals surface area contributed by atoms with E-state index in [1.807, 2.05) is 36.8 Å². The van der Waals surface area contributed by atoms with Crippen molar-refractivity contribution in [3.63, 3.8) is 0 Å². The number of aliphatic hydroxyl groups is 2. The van der Waals surface area contributed by atoms with E-state index in [1.54, 1.807) is 72.1 Å². The Balaban J connectivity index is 1.37. The van der Waals surface area contributed by atoms with Crippen molar-refractivity contribution in [2.75, 3.05) is 38.9 Å². The van der Waals surface area contributed by atoms with Gasteiger partial charge in [0.15, 0.2) is 0 Å². The zero-order chi connectivity index (χ0) is 27.3. The van der Waals surface area contributed by atoms with Crippen molar-refractivity contribution < 1.29 is 38.7 Å². The molecule has 2 N–H and O–H groups in total. The Morgan fingerprint density at radius 3 is 1.42 bits per heavy atom. The fourth-order valence-electron chi connectivity index (χ4n) is 3.10. The van der Waals surface area contributed by atoms with Crippen LogP contribution in [0.15, 0.2) is 82.6 Å². The van der Waals surface area contributed by atoms with Gasteiger partial charge in [-0.15, -0.1) is 23.5 Å². The van der Waals surface area contributed by atoms with Crippen LogP contribution >= 0.6 is 23.5 Å². The van der Waals surface area contributed by atoms with E-state index in [9.17, 15) is 19.8 Å². The number of aliphatic hydroxyl groups excluding tert-OH is 2. The Labute approximate surface area is 230 Å². The number of hydrogen-bond donors (Lipinski definition) is 2. The van der Waals surface area contributed by atoms with E-state index < -0.39 is 24.1 Å². The van der Waals surface area contributed by atoms with Crippen LogP contribution in [-0.4, -0.2) is 73.3 Å². The summed E-state index contributed by atoms with van der Waals surface area (Å²) in [6, 6.07) is 20.7. The first-order valence-corrected chi connectivity index (χ1v) is 14.2. The third-order valence-corrected chi connectivity index (χ3v) is 6.64. The Hall–Kier alpha value is -3.18. The molecule has 3 aromatic rings. The zero-order valence-corrected chi connectivity index (χ0v) is 22.7. The van der Waals surface area contributed by atoms with Crippen LogP contribution in [0.4, 0.5) is 0 Å². The summed E-state index contributed by atoms with van der Waals surface area (Å²) in [5.74, 6) is -0.194. The van der Waals surface area contributed by atoms with Crippen molar-refractivity contribution in [1.29, 1.82) is 0 Å². The molecular formula is C28H30O8S2. The van der Waals surface area contributed by atoms with E-state index in [4.69, 9.17) is 18.9 Å². The van der Waals surface area contributed by atoms with Gasteiger partial charge in [0.25, 0.3) is 0 Å². The molecule has 38 heavy (non-hydrogen) atoms. The minimum atomic E-state index is -1.03. The number of carbonyl (C=O) groups excluding carboxylic acids is 2. The SMILES string of the molecule is CSc1ccc(C(=O)OCC(O)COc2cccc(OCC(O)COC(=O)c3ccc(SC)cc3)c2)cc1. The van der Waals surface area contributed by atoms with Crippen molar-refractivity contribution in [2.24, 2.45) is 0 Å². The second kappa shape index (κ2) is 15.3. The van der Waals surface area contributed by atoms with Gasteiger partial charge in [-0.2, -0.15) is 0 Å². The molecule has 3 rings (SSSR count). The van der Waals surface area contributed by atoms with Gasteiger partial charge < -0.3 is 29.2 Å². The molecule has 0 saturated heterocycles. The molecule has 0 amide bonds. The van der Waals surface area contributed by atoms with Gasteiger partial charge in [0.2, 0.25) is 0 Å². The van der Waals surface area contributed by atoms with Gasteiger partial charge in [0, 0.05) is 15.9 Å². The molecule has 8 nitrogen and oxygen atoms in total. The van der Waals surface area contributed by atoms with Crippen molar-refractivity contribution in [3.8, 4) is 11.5 Å². The Bertz CT molecular complexity index is 1080. The highest BCUT2D eigenvalue weighted by molar-refractivity contribution is 7.98. The van der Waals surface area contributed by atoms with Crippen molar-refractivity contribution in [3.05, 3.63) is 83.9 Å². The van der Waals surface area contributed by atoms with E-state index >= 15 is 0 Å². The predicted molar refractivity (Wildman–Crippen MR) is 146 cm³/mol. The van der Waals surface area contributed by atoms with Gasteiger partial charge in [0.05, 0.1) is 11.1 Å². The van der Waals surface area contributed by atoms with Crippen molar-refractivity contribution >= 4 is 35.5 Å². The average Bonchev–Trinajstić information content (AvgIpc) is 2.96. The van der Waals surface area contributed by atoms with Crippen LogP contribution in [0.5, 0.6) is 11.5 Å². The molecule has 10 heteroatoms. The van der Waals surface area contributed by atoms with Crippen LogP contribution in [0.1, 0.15) is 20.7 Å². The van der Waals surface area contributed by atoms with E-state index in [-0.39, 0.29) is 26.4 Å². The Morgan fingerprint density at radius 1 is 0.658 bits per heavy atom. The molecule has 2 atom stereocenters. The van der Waals surface area contributed by atoms with E-state index in [0.29, 0.717) is 22.6 Å². The molecule has 0 aliphatic heterocycles. The summed E-state index contributed by atoms with van der Waals surface area (Å²) in [6.07, 6.45) is 1.84. The Morgan fingerprint density at radius 2 is 1.05 bits per heavy atom. The third-order valence-electron chi connectivity index (χ3n) is 5.16. The Kier molecular flexibility index (Phi) is 11.8. The molecule has 0 radical (unpaired) electrons. The summed E-state index contributed by atoms with van der Waals surface area (Å²) in [5, 5.41) is 20.3. The molecule has 202 valence electrons. The molecule has 3 aromatic carbocycles. The van der Waals surface area contributed by atoms with E-state index in [2.05, 4.69) is 0 Å². The van der Waals surface area contributed by atoms with Gasteiger partial charge in [-0.1, -0.05) is 6.07 Å². The van der Waals surface area contributed by atoms with E-state index in [1.165, 1.54) is 0 Å². The lowest BCUT2D eigenvalue weighted by atomic mass is 10.2. The molecule has 0 fully saturated rings. The van der Waals surface area contributed by atoms with Gasteiger partial charge in [0.1, 0.15) is 50.1 Å². The fourth-order valence-corrected chi connectivity index (χ4v) is 3.92. The highest BCUT2D eigenvalue weighted by atomic mass is 32.2. The highest BCUT2D eigenvalue weighted by Crippen LogP contribution is 2.20. The summed E-state index contributed by atoms with van der Waals surface area (Å²) >= 11 is 3.14. The van der Waals surface area contributed by atoms with Crippen molar-refractivity contribution in [2.45, 2.75) is 22.0 Å². The second-order valence-corrected chi connectivity index (χ2v) is 9.82. The molecule has 0 saturated carbocycles. The molecule has 0 spiro atoms. The molecule has 0 aromatic heterocycles. The largest absolute Gasteiger partial charge is 0.491 e. The first kappa shape index (κ1) is 29.4. The highest BCUT2D eigenvalue weighted by Gasteiger charge is 2.14. The fraction of sp³-hybridized carbons (Fsp3) is 0.286. The maximum Gasteiger partial charge on any atom is 0.338 e. The van der Waals surface area contributed by atoms with Gasteiger partial charge in [-0.05, 0) is 73.2 Å². The molecule has 0 aliphatic carbocycles. The summed E-state index contributed by atoms with van der Waals surface area (Å²) < 4.78 is 21.4. The number of ether oxygens (including phenoxy) is 4. The quantitative estimate of drug-likeness (QED) is 0.219. The topological polar surface area (TPSA) is 112 Å². The summed E-state index contributed by atoms with van der Waals surface area (Å²) in [4.78, 5) is 26.3. The summed E-state index contributed by atoms with van der Waals surface area (Å²) in [6.45, 7) is -0.630. The molecule has 0 bridgehead atoms. The number of hydrogen-bond acceptors (Lipinski definition) is 10. The predicted octanol–water partition coefficient (Wildman–Crippen LogP) is 4.32. The molecular weight excluding hydrogens is 528 g/mol.